The third-order valence-electron chi connectivity index (χ3n) is 5.86. The van der Waals surface area contributed by atoms with Gasteiger partial charge >= 0.3 is 0 Å². The molecular weight excluding hydrogens is 328 g/mol. The number of anilines is 1. The Kier molecular flexibility index (Phi) is 5.23. The van der Waals surface area contributed by atoms with Crippen LogP contribution in [0, 0.1) is 5.92 Å². The summed E-state index contributed by atoms with van der Waals surface area (Å²) in [6, 6.07) is 0. The predicted molar refractivity (Wildman–Crippen MR) is 107 cm³/mol. The zero-order valence-corrected chi connectivity index (χ0v) is 16.4. The third kappa shape index (κ3) is 3.54. The molecule has 0 radical (unpaired) electrons. The Morgan fingerprint density at radius 3 is 2.88 bits per heavy atom. The molecule has 0 amide bonds. The number of hydrogen-bond donors (Lipinski definition) is 0. The fourth-order valence-electron chi connectivity index (χ4n) is 4.44. The first-order valence-corrected chi connectivity index (χ1v) is 10.8. The first-order valence-electron chi connectivity index (χ1n) is 9.95. The number of unbranched alkanes of at least 4 members (excludes halogenated alkanes) is 1. The van der Waals surface area contributed by atoms with Crippen LogP contribution < -0.4 is 4.90 Å². The van der Waals surface area contributed by atoms with E-state index in [1.165, 1.54) is 74.1 Å². The van der Waals surface area contributed by atoms with Crippen LogP contribution in [-0.4, -0.2) is 48.1 Å². The maximum absolute atomic E-state index is 4.72. The average Bonchev–Trinajstić information content (AvgIpc) is 3.21. The van der Waals surface area contributed by atoms with E-state index < -0.39 is 0 Å². The van der Waals surface area contributed by atoms with Crippen LogP contribution in [0.5, 0.6) is 0 Å². The van der Waals surface area contributed by atoms with Gasteiger partial charge in [-0.1, -0.05) is 13.3 Å². The number of aromatic nitrogens is 2. The van der Waals surface area contributed by atoms with Crippen molar-refractivity contribution in [1.29, 1.82) is 0 Å². The van der Waals surface area contributed by atoms with Crippen molar-refractivity contribution in [3.8, 4) is 0 Å². The van der Waals surface area contributed by atoms with Crippen LogP contribution in [0.3, 0.4) is 0 Å². The van der Waals surface area contributed by atoms with Crippen molar-refractivity contribution in [2.75, 3.05) is 38.1 Å². The van der Waals surface area contributed by atoms with Gasteiger partial charge in [-0.15, -0.1) is 11.3 Å². The molecule has 0 atom stereocenters. The Morgan fingerprint density at radius 1 is 1.24 bits per heavy atom. The summed E-state index contributed by atoms with van der Waals surface area (Å²) >= 11 is 1.90. The molecule has 4 rings (SSSR count). The van der Waals surface area contributed by atoms with E-state index in [1.807, 2.05) is 11.3 Å². The second kappa shape index (κ2) is 7.58. The molecule has 2 aromatic rings. The summed E-state index contributed by atoms with van der Waals surface area (Å²) in [5, 5.41) is 1.37. The van der Waals surface area contributed by atoms with Crippen molar-refractivity contribution in [3.63, 3.8) is 0 Å². The van der Waals surface area contributed by atoms with Gasteiger partial charge in [0.25, 0.3) is 0 Å². The minimum atomic E-state index is 0.837. The number of rotatable bonds is 6. The fourth-order valence-corrected chi connectivity index (χ4v) is 5.66. The van der Waals surface area contributed by atoms with Gasteiger partial charge in [-0.25, -0.2) is 9.97 Å². The van der Waals surface area contributed by atoms with Crippen LogP contribution in [0.4, 0.5) is 5.82 Å². The molecule has 3 heterocycles. The normalized spacial score (nSPS) is 18.4. The molecule has 2 aromatic heterocycles. The molecule has 1 aliphatic heterocycles. The van der Waals surface area contributed by atoms with Crippen LogP contribution in [0.2, 0.25) is 0 Å². The van der Waals surface area contributed by atoms with Crippen LogP contribution in [0.1, 0.15) is 49.5 Å². The Balaban J connectivity index is 1.44. The summed E-state index contributed by atoms with van der Waals surface area (Å²) < 4.78 is 0. The topological polar surface area (TPSA) is 32.3 Å². The quantitative estimate of drug-likeness (QED) is 0.777. The van der Waals surface area contributed by atoms with Gasteiger partial charge in [0.1, 0.15) is 17.0 Å². The lowest BCUT2D eigenvalue weighted by Crippen LogP contribution is -2.38. The second-order valence-electron chi connectivity index (χ2n) is 7.78. The molecule has 2 aliphatic rings. The van der Waals surface area contributed by atoms with E-state index in [2.05, 4.69) is 28.8 Å². The van der Waals surface area contributed by atoms with Crippen molar-refractivity contribution in [3.05, 3.63) is 16.8 Å². The van der Waals surface area contributed by atoms with E-state index in [0.717, 1.165) is 19.0 Å². The first kappa shape index (κ1) is 17.2. The Hall–Kier alpha value is -1.20. The molecule has 0 bridgehead atoms. The Bertz CT molecular complexity index is 718. The molecule has 0 aromatic carbocycles. The minimum absolute atomic E-state index is 0.837. The lowest BCUT2D eigenvalue weighted by Gasteiger charge is -2.35. The van der Waals surface area contributed by atoms with Crippen LogP contribution in [0.25, 0.3) is 10.2 Å². The van der Waals surface area contributed by atoms with Crippen LogP contribution in [-0.2, 0) is 12.8 Å². The monoisotopic (exact) mass is 358 g/mol. The summed E-state index contributed by atoms with van der Waals surface area (Å²) in [5.74, 6) is 2.05. The lowest BCUT2D eigenvalue weighted by atomic mass is 9.96. The summed E-state index contributed by atoms with van der Waals surface area (Å²) in [6.45, 7) is 7.05. The highest BCUT2D eigenvalue weighted by Gasteiger charge is 2.26. The summed E-state index contributed by atoms with van der Waals surface area (Å²) in [6.07, 6.45) is 10.7. The van der Waals surface area contributed by atoms with E-state index in [1.54, 1.807) is 16.8 Å². The van der Waals surface area contributed by atoms with Gasteiger partial charge in [-0.2, -0.15) is 0 Å². The zero-order valence-electron chi connectivity index (χ0n) is 15.6. The molecular formula is C20H30N4S. The van der Waals surface area contributed by atoms with E-state index in [9.17, 15) is 0 Å². The number of fused-ring (bicyclic) bond motifs is 3. The highest BCUT2D eigenvalue weighted by Crippen LogP contribution is 2.40. The van der Waals surface area contributed by atoms with Gasteiger partial charge < -0.3 is 9.80 Å². The van der Waals surface area contributed by atoms with E-state index >= 15 is 0 Å². The van der Waals surface area contributed by atoms with Gasteiger partial charge in [-0.05, 0) is 63.6 Å². The largest absolute Gasteiger partial charge is 0.356 e. The molecule has 1 saturated heterocycles. The molecule has 4 nitrogen and oxygen atoms in total. The Morgan fingerprint density at radius 2 is 2.08 bits per heavy atom. The van der Waals surface area contributed by atoms with Gasteiger partial charge in [-0.3, -0.25) is 0 Å². The molecule has 25 heavy (non-hydrogen) atoms. The highest BCUT2D eigenvalue weighted by atomic mass is 32.1. The standard InChI is InChI=1S/C20H30N4S/c1-3-4-10-23(2)13-15-8-11-24(12-9-15)19-18-16-6-5-7-17(16)25-20(18)22-14-21-19/h14-15H,3-13H2,1-2H3. The smallest absolute Gasteiger partial charge is 0.141 e. The molecule has 1 fully saturated rings. The van der Waals surface area contributed by atoms with E-state index in [-0.39, 0.29) is 0 Å². The number of piperidine rings is 1. The molecule has 0 spiro atoms. The number of hydrogen-bond acceptors (Lipinski definition) is 5. The van der Waals surface area contributed by atoms with Crippen molar-refractivity contribution in [2.24, 2.45) is 5.92 Å². The average molecular weight is 359 g/mol. The van der Waals surface area contributed by atoms with Gasteiger partial charge in [0.2, 0.25) is 0 Å². The van der Waals surface area contributed by atoms with E-state index in [0.29, 0.717) is 0 Å². The Labute approximate surface area is 155 Å². The van der Waals surface area contributed by atoms with Crippen molar-refractivity contribution < 1.29 is 0 Å². The number of aryl methyl sites for hydroxylation is 2. The zero-order chi connectivity index (χ0) is 17.2. The van der Waals surface area contributed by atoms with E-state index in [4.69, 9.17) is 4.98 Å². The molecule has 0 N–H and O–H groups in total. The van der Waals surface area contributed by atoms with Gasteiger partial charge in [0.15, 0.2) is 0 Å². The lowest BCUT2D eigenvalue weighted by molar-refractivity contribution is 0.246. The molecule has 0 unspecified atom stereocenters. The van der Waals surface area contributed by atoms with Gasteiger partial charge in [0.05, 0.1) is 5.39 Å². The molecule has 5 heteroatoms. The number of thiophene rings is 1. The third-order valence-corrected chi connectivity index (χ3v) is 7.06. The highest BCUT2D eigenvalue weighted by molar-refractivity contribution is 7.19. The summed E-state index contributed by atoms with van der Waals surface area (Å²) in [4.78, 5) is 17.1. The van der Waals surface area contributed by atoms with Gasteiger partial charge in [0, 0.05) is 24.5 Å². The van der Waals surface area contributed by atoms with Crippen molar-refractivity contribution >= 4 is 27.4 Å². The van der Waals surface area contributed by atoms with Crippen molar-refractivity contribution in [2.45, 2.75) is 51.9 Å². The molecule has 1 aliphatic carbocycles. The minimum Gasteiger partial charge on any atom is -0.356 e. The second-order valence-corrected chi connectivity index (χ2v) is 8.86. The number of nitrogens with zero attached hydrogens (tertiary/aromatic N) is 4. The molecule has 0 saturated carbocycles. The van der Waals surface area contributed by atoms with Crippen LogP contribution in [0.15, 0.2) is 6.33 Å². The summed E-state index contributed by atoms with van der Waals surface area (Å²) in [5.41, 5.74) is 1.55. The SMILES string of the molecule is CCCCN(C)CC1CCN(c2ncnc3sc4c(c23)CCC4)CC1. The predicted octanol–water partition coefficient (Wildman–Crippen LogP) is 4.13. The maximum Gasteiger partial charge on any atom is 0.141 e. The van der Waals surface area contributed by atoms with Crippen molar-refractivity contribution in [1.82, 2.24) is 14.9 Å². The maximum atomic E-state index is 4.72. The first-order chi connectivity index (χ1) is 12.3. The summed E-state index contributed by atoms with van der Waals surface area (Å²) in [7, 11) is 2.28. The molecule has 136 valence electrons. The fraction of sp³-hybridized carbons (Fsp3) is 0.700. The van der Waals surface area contributed by atoms with Crippen LogP contribution >= 0.6 is 11.3 Å².